The molecule has 0 rings (SSSR count). The predicted molar refractivity (Wildman–Crippen MR) is 47.1 cm³/mol. The number of unbranched alkanes of at least 4 members (excludes halogenated alkanes) is 1. The Morgan fingerprint density at radius 2 is 2.00 bits per heavy atom. The second-order valence-corrected chi connectivity index (χ2v) is 2.00. The van der Waals surface area contributed by atoms with Crippen molar-refractivity contribution in [3.05, 3.63) is 0 Å². The summed E-state index contributed by atoms with van der Waals surface area (Å²) in [4.78, 5) is 18.6. The van der Waals surface area contributed by atoms with Gasteiger partial charge in [-0.05, 0) is 13.3 Å². The standard InChI is InChI=1S/C7H15NO2.CH2O/c1-3-5-6-8-7(9)10-4-2;1-2/h3-6H2,1-2H3,(H,8,9);1H2. The van der Waals surface area contributed by atoms with Crippen LogP contribution >= 0.6 is 0 Å². The predicted octanol–water partition coefficient (Wildman–Crippen LogP) is 1.35. The monoisotopic (exact) mass is 175 g/mol. The molecule has 0 spiro atoms. The molecule has 0 bridgehead atoms. The van der Waals surface area contributed by atoms with Gasteiger partial charge in [0.2, 0.25) is 0 Å². The molecule has 0 aliphatic heterocycles. The highest BCUT2D eigenvalue weighted by atomic mass is 16.5. The van der Waals surface area contributed by atoms with E-state index in [2.05, 4.69) is 17.0 Å². The van der Waals surface area contributed by atoms with Crippen LogP contribution in [0.5, 0.6) is 0 Å². The first-order valence-corrected chi connectivity index (χ1v) is 4.00. The van der Waals surface area contributed by atoms with E-state index in [0.717, 1.165) is 19.4 Å². The van der Waals surface area contributed by atoms with Crippen molar-refractivity contribution >= 4 is 12.9 Å². The number of hydrogen-bond donors (Lipinski definition) is 1. The zero-order valence-electron chi connectivity index (χ0n) is 7.76. The smallest absolute Gasteiger partial charge is 0.407 e. The number of rotatable bonds is 4. The summed E-state index contributed by atoms with van der Waals surface area (Å²) in [6, 6.07) is 0. The summed E-state index contributed by atoms with van der Waals surface area (Å²) < 4.78 is 4.64. The fourth-order valence-electron chi connectivity index (χ4n) is 0.549. The average Bonchev–Trinajstić information content (AvgIpc) is 2.09. The van der Waals surface area contributed by atoms with Crippen LogP contribution in [0.15, 0.2) is 0 Å². The van der Waals surface area contributed by atoms with Gasteiger partial charge in [0.15, 0.2) is 0 Å². The summed E-state index contributed by atoms with van der Waals surface area (Å²) in [7, 11) is 0. The van der Waals surface area contributed by atoms with Gasteiger partial charge in [-0.3, -0.25) is 0 Å². The van der Waals surface area contributed by atoms with Crippen molar-refractivity contribution < 1.29 is 14.3 Å². The molecule has 0 aromatic heterocycles. The maximum Gasteiger partial charge on any atom is 0.407 e. The molecule has 0 aliphatic carbocycles. The molecule has 0 heterocycles. The number of carbonyl (C=O) groups is 2. The number of ether oxygens (including phenoxy) is 1. The Balaban J connectivity index is 0. The molecule has 0 fully saturated rings. The molecule has 4 nitrogen and oxygen atoms in total. The molecular weight excluding hydrogens is 158 g/mol. The van der Waals surface area contributed by atoms with E-state index in [4.69, 9.17) is 4.79 Å². The van der Waals surface area contributed by atoms with E-state index in [1.54, 1.807) is 6.92 Å². The van der Waals surface area contributed by atoms with Gasteiger partial charge in [0.25, 0.3) is 0 Å². The lowest BCUT2D eigenvalue weighted by atomic mass is 10.3. The van der Waals surface area contributed by atoms with Crippen molar-refractivity contribution in [1.82, 2.24) is 5.32 Å². The van der Waals surface area contributed by atoms with Gasteiger partial charge in [-0.25, -0.2) is 4.79 Å². The van der Waals surface area contributed by atoms with E-state index >= 15 is 0 Å². The van der Waals surface area contributed by atoms with Gasteiger partial charge >= 0.3 is 6.09 Å². The zero-order chi connectivity index (χ0) is 9.82. The molecule has 72 valence electrons. The third kappa shape index (κ3) is 11.7. The first-order chi connectivity index (χ1) is 5.81. The number of nitrogens with one attached hydrogen (secondary N) is 1. The lowest BCUT2D eigenvalue weighted by Gasteiger charge is -2.02. The van der Waals surface area contributed by atoms with E-state index < -0.39 is 0 Å². The van der Waals surface area contributed by atoms with Crippen LogP contribution in [0.3, 0.4) is 0 Å². The number of alkyl carbamates (subject to hydrolysis) is 1. The van der Waals surface area contributed by atoms with Crippen LogP contribution in [0.25, 0.3) is 0 Å². The van der Waals surface area contributed by atoms with Crippen LogP contribution in [0.2, 0.25) is 0 Å². The highest BCUT2D eigenvalue weighted by Crippen LogP contribution is 1.83. The molecular formula is C8H17NO3. The molecule has 0 radical (unpaired) electrons. The van der Waals surface area contributed by atoms with Crippen LogP contribution < -0.4 is 5.32 Å². The van der Waals surface area contributed by atoms with Gasteiger partial charge in [0.05, 0.1) is 6.61 Å². The summed E-state index contributed by atoms with van der Waals surface area (Å²) in [6.07, 6.45) is 1.79. The van der Waals surface area contributed by atoms with E-state index in [0.29, 0.717) is 6.61 Å². The van der Waals surface area contributed by atoms with E-state index in [-0.39, 0.29) is 6.09 Å². The fraction of sp³-hybridized carbons (Fsp3) is 0.750. The summed E-state index contributed by atoms with van der Waals surface area (Å²) >= 11 is 0. The minimum Gasteiger partial charge on any atom is -0.450 e. The molecule has 0 aromatic carbocycles. The highest BCUT2D eigenvalue weighted by Gasteiger charge is 1.95. The molecule has 12 heavy (non-hydrogen) atoms. The largest absolute Gasteiger partial charge is 0.450 e. The first-order valence-electron chi connectivity index (χ1n) is 4.00. The molecule has 1 N–H and O–H groups in total. The average molecular weight is 175 g/mol. The molecule has 1 amide bonds. The Morgan fingerprint density at radius 3 is 2.42 bits per heavy atom. The fourth-order valence-corrected chi connectivity index (χ4v) is 0.549. The maximum atomic E-state index is 10.6. The van der Waals surface area contributed by atoms with Crippen LogP contribution in [-0.2, 0) is 9.53 Å². The van der Waals surface area contributed by atoms with Crippen molar-refractivity contribution in [2.75, 3.05) is 13.2 Å². The summed E-state index contributed by atoms with van der Waals surface area (Å²) in [5.41, 5.74) is 0. The third-order valence-electron chi connectivity index (χ3n) is 1.08. The van der Waals surface area contributed by atoms with E-state index in [1.165, 1.54) is 0 Å². The van der Waals surface area contributed by atoms with Crippen LogP contribution in [0, 0.1) is 0 Å². The quantitative estimate of drug-likeness (QED) is 0.656. The summed E-state index contributed by atoms with van der Waals surface area (Å²) in [5, 5.41) is 2.62. The van der Waals surface area contributed by atoms with E-state index in [9.17, 15) is 4.79 Å². The molecule has 0 aliphatic rings. The molecule has 0 saturated carbocycles. The summed E-state index contributed by atoms with van der Waals surface area (Å²) in [5.74, 6) is 0. The van der Waals surface area contributed by atoms with Crippen LogP contribution in [-0.4, -0.2) is 26.0 Å². The Labute approximate surface area is 73.3 Å². The summed E-state index contributed by atoms with van der Waals surface area (Å²) in [6.45, 7) is 7.03. The Hall–Kier alpha value is -1.06. The molecule has 0 aromatic rings. The van der Waals surface area contributed by atoms with Gasteiger partial charge in [0, 0.05) is 6.54 Å². The van der Waals surface area contributed by atoms with Crippen molar-refractivity contribution in [2.24, 2.45) is 0 Å². The van der Waals surface area contributed by atoms with Gasteiger partial charge in [-0.1, -0.05) is 13.3 Å². The molecule has 0 unspecified atom stereocenters. The number of carbonyl (C=O) groups excluding carboxylic acids is 2. The van der Waals surface area contributed by atoms with Crippen molar-refractivity contribution in [3.8, 4) is 0 Å². The zero-order valence-corrected chi connectivity index (χ0v) is 7.76. The Morgan fingerprint density at radius 1 is 1.42 bits per heavy atom. The van der Waals surface area contributed by atoms with Crippen molar-refractivity contribution in [3.63, 3.8) is 0 Å². The van der Waals surface area contributed by atoms with Crippen molar-refractivity contribution in [1.29, 1.82) is 0 Å². The Kier molecular flexibility index (Phi) is 14.2. The lowest BCUT2D eigenvalue weighted by Crippen LogP contribution is -2.24. The number of hydrogen-bond acceptors (Lipinski definition) is 3. The second-order valence-electron chi connectivity index (χ2n) is 2.00. The van der Waals surface area contributed by atoms with Crippen LogP contribution in [0.1, 0.15) is 26.7 Å². The SMILES string of the molecule is C=O.CCCCNC(=O)OCC. The maximum absolute atomic E-state index is 10.6. The first kappa shape index (κ1) is 13.5. The topological polar surface area (TPSA) is 55.4 Å². The van der Waals surface area contributed by atoms with Gasteiger partial charge < -0.3 is 14.8 Å². The van der Waals surface area contributed by atoms with E-state index in [1.807, 2.05) is 6.79 Å². The molecule has 0 atom stereocenters. The normalized spacial score (nSPS) is 7.83. The Bertz CT molecular complexity index is 106. The molecule has 0 saturated heterocycles. The minimum absolute atomic E-state index is 0.309. The lowest BCUT2D eigenvalue weighted by molar-refractivity contribution is -0.0979. The van der Waals surface area contributed by atoms with Gasteiger partial charge in [-0.15, -0.1) is 0 Å². The van der Waals surface area contributed by atoms with Crippen LogP contribution in [0.4, 0.5) is 4.79 Å². The second kappa shape index (κ2) is 12.6. The minimum atomic E-state index is -0.309. The van der Waals surface area contributed by atoms with Gasteiger partial charge in [0.1, 0.15) is 6.79 Å². The highest BCUT2D eigenvalue weighted by molar-refractivity contribution is 5.66. The van der Waals surface area contributed by atoms with Crippen molar-refractivity contribution in [2.45, 2.75) is 26.7 Å². The molecule has 4 heteroatoms. The van der Waals surface area contributed by atoms with Gasteiger partial charge in [-0.2, -0.15) is 0 Å². The third-order valence-corrected chi connectivity index (χ3v) is 1.08. The number of amides is 1.